The van der Waals surface area contributed by atoms with E-state index in [4.69, 9.17) is 0 Å². The molecule has 5 nitrogen and oxygen atoms in total. The van der Waals surface area contributed by atoms with Gasteiger partial charge in [0.05, 0.1) is 6.61 Å². The third kappa shape index (κ3) is 4.45. The van der Waals surface area contributed by atoms with Crippen LogP contribution in [-0.4, -0.2) is 34.9 Å². The average molecular weight is 340 g/mol. The summed E-state index contributed by atoms with van der Waals surface area (Å²) in [7, 11) is 0. The zero-order valence-corrected chi connectivity index (χ0v) is 14.9. The molecule has 2 amide bonds. The second kappa shape index (κ2) is 8.44. The number of aliphatic hydroxyl groups excluding tert-OH is 1. The number of rotatable bonds is 6. The van der Waals surface area contributed by atoms with Crippen LogP contribution in [0.1, 0.15) is 45.7 Å². The Bertz CT molecular complexity index is 750. The molecule has 0 saturated heterocycles. The van der Waals surface area contributed by atoms with E-state index < -0.39 is 0 Å². The van der Waals surface area contributed by atoms with Crippen molar-refractivity contribution in [3.63, 3.8) is 0 Å². The van der Waals surface area contributed by atoms with Gasteiger partial charge in [0, 0.05) is 29.9 Å². The predicted octanol–water partition coefficient (Wildman–Crippen LogP) is 3.22. The first-order valence-electron chi connectivity index (χ1n) is 8.41. The molecule has 132 valence electrons. The van der Waals surface area contributed by atoms with E-state index in [0.29, 0.717) is 29.9 Å². The lowest BCUT2D eigenvalue weighted by Crippen LogP contribution is -2.30. The van der Waals surface area contributed by atoms with E-state index in [1.165, 1.54) is 0 Å². The predicted molar refractivity (Wildman–Crippen MR) is 98.7 cm³/mol. The van der Waals surface area contributed by atoms with Crippen LogP contribution in [0.5, 0.6) is 0 Å². The summed E-state index contributed by atoms with van der Waals surface area (Å²) >= 11 is 0. The molecule has 25 heavy (non-hydrogen) atoms. The summed E-state index contributed by atoms with van der Waals surface area (Å²) in [5.74, 6) is -0.288. The quantitative estimate of drug-likeness (QED) is 0.848. The molecule has 0 bridgehead atoms. The molecule has 0 radical (unpaired) electrons. The maximum atomic E-state index is 12.4. The summed E-state index contributed by atoms with van der Waals surface area (Å²) in [5.41, 5.74) is 3.36. The van der Waals surface area contributed by atoms with Gasteiger partial charge in [-0.3, -0.25) is 9.59 Å². The Hall–Kier alpha value is -2.66. The Morgan fingerprint density at radius 3 is 2.16 bits per heavy atom. The second-order valence-electron chi connectivity index (χ2n) is 5.82. The molecule has 2 aromatic rings. The molecule has 2 N–H and O–H groups in total. The number of amides is 2. The fourth-order valence-corrected chi connectivity index (χ4v) is 2.55. The van der Waals surface area contributed by atoms with Crippen LogP contribution >= 0.6 is 0 Å². The highest BCUT2D eigenvalue weighted by atomic mass is 16.3. The molecule has 0 saturated carbocycles. The van der Waals surface area contributed by atoms with Gasteiger partial charge in [-0.2, -0.15) is 0 Å². The molecule has 0 fully saturated rings. The van der Waals surface area contributed by atoms with E-state index in [0.717, 1.165) is 11.1 Å². The third-order valence-corrected chi connectivity index (χ3v) is 4.18. The highest BCUT2D eigenvalue weighted by Gasteiger charge is 2.14. The highest BCUT2D eigenvalue weighted by Crippen LogP contribution is 2.18. The molecule has 0 aromatic heterocycles. The maximum absolute atomic E-state index is 12.4. The van der Waals surface area contributed by atoms with Crippen molar-refractivity contribution in [3.8, 4) is 0 Å². The number of hydrogen-bond acceptors (Lipinski definition) is 3. The number of benzene rings is 2. The van der Waals surface area contributed by atoms with E-state index in [2.05, 4.69) is 5.32 Å². The van der Waals surface area contributed by atoms with Crippen molar-refractivity contribution in [1.29, 1.82) is 0 Å². The average Bonchev–Trinajstić information content (AvgIpc) is 2.64. The van der Waals surface area contributed by atoms with E-state index in [9.17, 15) is 14.7 Å². The summed E-state index contributed by atoms with van der Waals surface area (Å²) in [6.07, 6.45) is 0. The molecule has 0 aliphatic carbocycles. The molecule has 5 heteroatoms. The molecule has 0 atom stereocenters. The van der Waals surface area contributed by atoms with Gasteiger partial charge in [-0.05, 0) is 62.2 Å². The van der Waals surface area contributed by atoms with Gasteiger partial charge in [0.25, 0.3) is 11.8 Å². The zero-order valence-electron chi connectivity index (χ0n) is 14.9. The van der Waals surface area contributed by atoms with Crippen LogP contribution in [0.15, 0.2) is 42.5 Å². The lowest BCUT2D eigenvalue weighted by atomic mass is 10.1. The number of aryl methyl sites for hydroxylation is 1. The number of carbonyl (C=O) groups excluding carboxylic acids is 2. The van der Waals surface area contributed by atoms with Gasteiger partial charge in [-0.25, -0.2) is 0 Å². The Labute approximate surface area is 148 Å². The Morgan fingerprint density at radius 2 is 1.60 bits per heavy atom. The van der Waals surface area contributed by atoms with Crippen molar-refractivity contribution in [2.45, 2.75) is 27.4 Å². The van der Waals surface area contributed by atoms with E-state index in [1.54, 1.807) is 35.2 Å². The number of nitrogens with one attached hydrogen (secondary N) is 1. The maximum Gasteiger partial charge on any atom is 0.255 e. The summed E-state index contributed by atoms with van der Waals surface area (Å²) < 4.78 is 0. The van der Waals surface area contributed by atoms with Gasteiger partial charge in [0.1, 0.15) is 0 Å². The molecule has 0 spiro atoms. The summed E-state index contributed by atoms with van der Waals surface area (Å²) in [6.45, 7) is 6.99. The first kappa shape index (κ1) is 18.7. The molecule has 0 unspecified atom stereocenters. The summed E-state index contributed by atoms with van der Waals surface area (Å²) in [4.78, 5) is 26.5. The van der Waals surface area contributed by atoms with Crippen molar-refractivity contribution in [2.24, 2.45) is 0 Å². The fraction of sp³-hybridized carbons (Fsp3) is 0.300. The van der Waals surface area contributed by atoms with E-state index >= 15 is 0 Å². The molecule has 0 heterocycles. The Kier molecular flexibility index (Phi) is 6.31. The normalized spacial score (nSPS) is 10.4. The summed E-state index contributed by atoms with van der Waals surface area (Å²) in [6, 6.07) is 12.1. The second-order valence-corrected chi connectivity index (χ2v) is 5.82. The minimum absolute atomic E-state index is 0.0385. The first-order chi connectivity index (χ1) is 12.0. The smallest absolute Gasteiger partial charge is 0.255 e. The highest BCUT2D eigenvalue weighted by molar-refractivity contribution is 6.05. The number of nitrogens with zero attached hydrogens (tertiary/aromatic N) is 1. The van der Waals surface area contributed by atoms with Crippen LogP contribution in [0.25, 0.3) is 0 Å². The van der Waals surface area contributed by atoms with Gasteiger partial charge in [-0.1, -0.05) is 12.1 Å². The van der Waals surface area contributed by atoms with Crippen LogP contribution in [0, 0.1) is 6.92 Å². The van der Waals surface area contributed by atoms with Crippen molar-refractivity contribution in [1.82, 2.24) is 4.90 Å². The molecule has 2 rings (SSSR count). The molecular weight excluding hydrogens is 316 g/mol. The van der Waals surface area contributed by atoms with Crippen LogP contribution < -0.4 is 5.32 Å². The third-order valence-electron chi connectivity index (χ3n) is 4.18. The number of hydrogen-bond donors (Lipinski definition) is 2. The van der Waals surface area contributed by atoms with Crippen LogP contribution in [-0.2, 0) is 6.61 Å². The lowest BCUT2D eigenvalue weighted by Gasteiger charge is -2.18. The molecule has 0 aliphatic rings. The van der Waals surface area contributed by atoms with Gasteiger partial charge in [-0.15, -0.1) is 0 Å². The van der Waals surface area contributed by atoms with Crippen molar-refractivity contribution in [2.75, 3.05) is 18.4 Å². The van der Waals surface area contributed by atoms with E-state index in [1.807, 2.05) is 32.9 Å². The number of aliphatic hydroxyl groups is 1. The van der Waals surface area contributed by atoms with Gasteiger partial charge < -0.3 is 15.3 Å². The van der Waals surface area contributed by atoms with Crippen molar-refractivity contribution >= 4 is 17.5 Å². The minimum Gasteiger partial charge on any atom is -0.392 e. The van der Waals surface area contributed by atoms with Crippen LogP contribution in [0.3, 0.4) is 0 Å². The first-order valence-corrected chi connectivity index (χ1v) is 8.41. The van der Waals surface area contributed by atoms with Crippen molar-refractivity contribution in [3.05, 3.63) is 64.7 Å². The molecular formula is C20H24N2O3. The lowest BCUT2D eigenvalue weighted by molar-refractivity contribution is 0.0772. The number of anilines is 1. The molecule has 2 aromatic carbocycles. The van der Waals surface area contributed by atoms with Gasteiger partial charge >= 0.3 is 0 Å². The number of carbonyl (C=O) groups is 2. The van der Waals surface area contributed by atoms with Crippen LogP contribution in [0.2, 0.25) is 0 Å². The van der Waals surface area contributed by atoms with E-state index in [-0.39, 0.29) is 18.4 Å². The Balaban J connectivity index is 2.14. The van der Waals surface area contributed by atoms with Crippen molar-refractivity contribution < 1.29 is 14.7 Å². The Morgan fingerprint density at radius 1 is 1.00 bits per heavy atom. The minimum atomic E-state index is -0.250. The topological polar surface area (TPSA) is 69.6 Å². The zero-order chi connectivity index (χ0) is 18.4. The van der Waals surface area contributed by atoms with Gasteiger partial charge in [0.2, 0.25) is 0 Å². The largest absolute Gasteiger partial charge is 0.392 e. The van der Waals surface area contributed by atoms with Gasteiger partial charge in [0.15, 0.2) is 0 Å². The van der Waals surface area contributed by atoms with Crippen LogP contribution in [0.4, 0.5) is 5.69 Å². The summed E-state index contributed by atoms with van der Waals surface area (Å²) in [5, 5.41) is 12.1. The fourth-order valence-electron chi connectivity index (χ4n) is 2.55. The SMILES string of the molecule is CCN(CC)C(=O)c1ccc(C(=O)Nc2cc(CO)ccc2C)cc1. The molecule has 0 aliphatic heterocycles. The monoisotopic (exact) mass is 340 g/mol. The standard InChI is InChI=1S/C20H24N2O3/c1-4-22(5-2)20(25)17-10-8-16(9-11-17)19(24)21-18-12-15(13-23)7-6-14(18)3/h6-12,23H,4-5,13H2,1-3H3,(H,21,24).